The molecule has 1 aliphatic heterocycles. The van der Waals surface area contributed by atoms with Crippen LogP contribution in [0.5, 0.6) is 0 Å². The SMILES string of the molecule is CCC/C=C/CC/C=C/CC/C=C/C(O)C(COC1OC(CO)C(O)C(O)C1O)NC(=O)CCCCCCCCCCCCCCC/C=C\C/C=C\CCCCCCCCCCC. The first-order valence-electron chi connectivity index (χ1n) is 26.0. The third kappa shape index (κ3) is 33.9. The fraction of sp³-hybridized carbons (Fsp3) is 0.796. The number of unbranched alkanes of at least 4 members (excludes halogenated alkanes) is 25. The molecule has 7 atom stereocenters. The minimum atomic E-state index is -1.57. The van der Waals surface area contributed by atoms with E-state index in [4.69, 9.17) is 9.47 Å². The highest BCUT2D eigenvalue weighted by atomic mass is 16.7. The van der Waals surface area contributed by atoms with Gasteiger partial charge in [-0.05, 0) is 70.6 Å². The fourth-order valence-electron chi connectivity index (χ4n) is 7.87. The molecule has 7 unspecified atom stereocenters. The van der Waals surface area contributed by atoms with E-state index in [9.17, 15) is 30.3 Å². The van der Waals surface area contributed by atoms with Crippen molar-refractivity contribution in [3.63, 3.8) is 0 Å². The summed E-state index contributed by atoms with van der Waals surface area (Å²) in [4.78, 5) is 13.0. The van der Waals surface area contributed by atoms with Gasteiger partial charge in [-0.3, -0.25) is 4.79 Å². The van der Waals surface area contributed by atoms with Gasteiger partial charge in [0.2, 0.25) is 5.91 Å². The summed E-state index contributed by atoms with van der Waals surface area (Å²) < 4.78 is 11.2. The van der Waals surface area contributed by atoms with E-state index >= 15 is 0 Å². The maximum Gasteiger partial charge on any atom is 0.220 e. The van der Waals surface area contributed by atoms with Gasteiger partial charge in [0.25, 0.3) is 0 Å². The number of nitrogens with one attached hydrogen (secondary N) is 1. The Hall–Kier alpha value is -2.11. The van der Waals surface area contributed by atoms with Gasteiger partial charge >= 0.3 is 0 Å². The van der Waals surface area contributed by atoms with Crippen molar-refractivity contribution in [2.24, 2.45) is 0 Å². The summed E-state index contributed by atoms with van der Waals surface area (Å²) in [5.74, 6) is -0.195. The zero-order valence-electron chi connectivity index (χ0n) is 40.3. The molecule has 6 N–H and O–H groups in total. The van der Waals surface area contributed by atoms with E-state index < -0.39 is 49.5 Å². The second kappa shape index (κ2) is 43.8. The predicted octanol–water partition coefficient (Wildman–Crippen LogP) is 12.0. The minimum absolute atomic E-state index is 0.195. The van der Waals surface area contributed by atoms with Crippen LogP contribution in [-0.2, 0) is 14.3 Å². The van der Waals surface area contributed by atoms with E-state index in [-0.39, 0.29) is 12.5 Å². The standard InChI is InChI=1S/C54H97NO8/c1-3-5-7-9-11-13-15-16-17-18-19-20-21-22-23-24-25-26-27-28-29-30-31-32-34-36-38-40-42-44-50(58)55-47(46-62-54-53(61)52(60)51(59)49(45-56)63-54)48(57)43-41-39-37-35-33-14-12-10-8-6-4-2/h8,10,19-20,22-23,33,35,41,43,47-49,51-54,56-57,59-61H,3-7,9,11-18,21,24-32,34,36-40,42,44-46H2,1-2H3,(H,55,58)/b10-8+,20-19-,23-22-,35-33+,43-41+. The molecule has 0 aromatic heterocycles. The first kappa shape index (κ1) is 58.9. The number of hydrogen-bond acceptors (Lipinski definition) is 8. The van der Waals surface area contributed by atoms with Crippen molar-refractivity contribution in [3.05, 3.63) is 60.8 Å². The molecule has 9 nitrogen and oxygen atoms in total. The molecule has 1 amide bonds. The van der Waals surface area contributed by atoms with Crippen molar-refractivity contribution in [2.45, 2.75) is 262 Å². The van der Waals surface area contributed by atoms with Crippen molar-refractivity contribution in [1.82, 2.24) is 5.32 Å². The number of ether oxygens (including phenoxy) is 2. The maximum absolute atomic E-state index is 13.0. The average Bonchev–Trinajstić information content (AvgIpc) is 3.28. The lowest BCUT2D eigenvalue weighted by Crippen LogP contribution is -2.60. The van der Waals surface area contributed by atoms with Crippen LogP contribution in [0.2, 0.25) is 0 Å². The Morgan fingerprint density at radius 3 is 1.48 bits per heavy atom. The third-order valence-electron chi connectivity index (χ3n) is 12.0. The van der Waals surface area contributed by atoms with E-state index in [1.165, 1.54) is 135 Å². The Kier molecular flexibility index (Phi) is 40.9. The number of amides is 1. The van der Waals surface area contributed by atoms with Crippen molar-refractivity contribution < 1.29 is 39.8 Å². The van der Waals surface area contributed by atoms with E-state index in [1.54, 1.807) is 6.08 Å². The lowest BCUT2D eigenvalue weighted by atomic mass is 9.99. The topological polar surface area (TPSA) is 149 Å². The second-order valence-electron chi connectivity index (χ2n) is 17.9. The molecule has 0 bridgehead atoms. The van der Waals surface area contributed by atoms with Crippen molar-refractivity contribution in [1.29, 1.82) is 0 Å². The highest BCUT2D eigenvalue weighted by molar-refractivity contribution is 5.76. The van der Waals surface area contributed by atoms with Crippen LogP contribution < -0.4 is 5.32 Å². The van der Waals surface area contributed by atoms with Gasteiger partial charge in [0, 0.05) is 6.42 Å². The molecule has 1 aliphatic rings. The van der Waals surface area contributed by atoms with E-state index in [2.05, 4.69) is 67.8 Å². The highest BCUT2D eigenvalue weighted by Crippen LogP contribution is 2.23. The van der Waals surface area contributed by atoms with Crippen LogP contribution in [0.25, 0.3) is 0 Å². The van der Waals surface area contributed by atoms with Crippen LogP contribution in [-0.4, -0.2) is 87.5 Å². The Morgan fingerprint density at radius 2 is 0.984 bits per heavy atom. The van der Waals surface area contributed by atoms with Gasteiger partial charge in [-0.2, -0.15) is 0 Å². The molecule has 0 aliphatic carbocycles. The van der Waals surface area contributed by atoms with Gasteiger partial charge < -0.3 is 40.3 Å². The summed E-state index contributed by atoms with van der Waals surface area (Å²) in [5, 5.41) is 54.1. The first-order chi connectivity index (χ1) is 30.8. The molecule has 0 aromatic carbocycles. The molecule has 63 heavy (non-hydrogen) atoms. The summed E-state index contributed by atoms with van der Waals surface area (Å²) in [6.07, 6.45) is 51.5. The van der Waals surface area contributed by atoms with Gasteiger partial charge in [-0.1, -0.05) is 203 Å². The normalized spacial score (nSPS) is 20.7. The smallest absolute Gasteiger partial charge is 0.220 e. The maximum atomic E-state index is 13.0. The van der Waals surface area contributed by atoms with Crippen LogP contribution >= 0.6 is 0 Å². The van der Waals surface area contributed by atoms with Crippen LogP contribution in [0.4, 0.5) is 0 Å². The van der Waals surface area contributed by atoms with Gasteiger partial charge in [-0.25, -0.2) is 0 Å². The van der Waals surface area contributed by atoms with E-state index in [1.807, 2.05) is 6.08 Å². The van der Waals surface area contributed by atoms with Crippen LogP contribution in [0, 0.1) is 0 Å². The molecular weight excluding hydrogens is 791 g/mol. The van der Waals surface area contributed by atoms with E-state index in [0.717, 1.165) is 64.2 Å². The summed E-state index contributed by atoms with van der Waals surface area (Å²) in [5.41, 5.74) is 0. The Morgan fingerprint density at radius 1 is 0.540 bits per heavy atom. The average molecular weight is 888 g/mol. The number of aliphatic hydroxyl groups excluding tert-OH is 5. The van der Waals surface area contributed by atoms with Gasteiger partial charge in [-0.15, -0.1) is 0 Å². The van der Waals surface area contributed by atoms with Crippen molar-refractivity contribution in [2.75, 3.05) is 13.2 Å². The van der Waals surface area contributed by atoms with Crippen LogP contribution in [0.3, 0.4) is 0 Å². The first-order valence-corrected chi connectivity index (χ1v) is 26.0. The quantitative estimate of drug-likeness (QED) is 0.0262. The largest absolute Gasteiger partial charge is 0.394 e. The Bertz CT molecular complexity index is 1170. The molecule has 0 saturated carbocycles. The number of carbonyl (C=O) groups excluding carboxylic acids is 1. The molecule has 9 heteroatoms. The van der Waals surface area contributed by atoms with Crippen molar-refractivity contribution >= 4 is 5.91 Å². The van der Waals surface area contributed by atoms with Crippen LogP contribution in [0.1, 0.15) is 219 Å². The van der Waals surface area contributed by atoms with Gasteiger partial charge in [0.05, 0.1) is 25.4 Å². The summed E-state index contributed by atoms with van der Waals surface area (Å²) >= 11 is 0. The van der Waals surface area contributed by atoms with Gasteiger partial charge in [0.1, 0.15) is 24.4 Å². The highest BCUT2D eigenvalue weighted by Gasteiger charge is 2.44. The molecular formula is C54H97NO8. The summed E-state index contributed by atoms with van der Waals surface area (Å²) in [7, 11) is 0. The molecule has 1 fully saturated rings. The lowest BCUT2D eigenvalue weighted by Gasteiger charge is -2.40. The molecule has 1 rings (SSSR count). The molecule has 1 heterocycles. The third-order valence-corrected chi connectivity index (χ3v) is 12.0. The van der Waals surface area contributed by atoms with Crippen molar-refractivity contribution in [3.8, 4) is 0 Å². The van der Waals surface area contributed by atoms with Gasteiger partial charge in [0.15, 0.2) is 6.29 Å². The number of allylic oxidation sites excluding steroid dienone is 9. The minimum Gasteiger partial charge on any atom is -0.394 e. The molecule has 1 saturated heterocycles. The number of aliphatic hydroxyl groups is 5. The lowest BCUT2D eigenvalue weighted by molar-refractivity contribution is -0.302. The zero-order chi connectivity index (χ0) is 45.9. The number of hydrogen-bond donors (Lipinski definition) is 6. The van der Waals surface area contributed by atoms with E-state index in [0.29, 0.717) is 6.42 Å². The fourth-order valence-corrected chi connectivity index (χ4v) is 7.87. The number of rotatable bonds is 43. The summed E-state index contributed by atoms with van der Waals surface area (Å²) in [6, 6.07) is -0.828. The number of carbonyl (C=O) groups is 1. The zero-order valence-corrected chi connectivity index (χ0v) is 40.3. The molecule has 0 spiro atoms. The Balaban J connectivity index is 2.18. The monoisotopic (exact) mass is 888 g/mol. The van der Waals surface area contributed by atoms with Crippen LogP contribution in [0.15, 0.2) is 60.8 Å². The Labute approximate surface area is 386 Å². The molecule has 366 valence electrons. The predicted molar refractivity (Wildman–Crippen MR) is 262 cm³/mol. The molecule has 0 aromatic rings. The molecule has 0 radical (unpaired) electrons. The second-order valence-corrected chi connectivity index (χ2v) is 17.9. The summed E-state index contributed by atoms with van der Waals surface area (Å²) in [6.45, 7) is 3.67.